The van der Waals surface area contributed by atoms with E-state index in [1.165, 1.54) is 38.5 Å². The molecular formula is C14H29NO. The Morgan fingerprint density at radius 3 is 2.56 bits per heavy atom. The molecule has 0 aromatic heterocycles. The van der Waals surface area contributed by atoms with E-state index in [9.17, 15) is 0 Å². The van der Waals surface area contributed by atoms with Crippen LogP contribution in [-0.4, -0.2) is 25.3 Å². The van der Waals surface area contributed by atoms with Crippen molar-refractivity contribution in [3.63, 3.8) is 0 Å². The molecular weight excluding hydrogens is 198 g/mol. The second-order valence-electron chi connectivity index (χ2n) is 5.76. The minimum Gasteiger partial charge on any atom is -0.381 e. The average Bonchev–Trinajstić information content (AvgIpc) is 2.26. The molecule has 0 bridgehead atoms. The maximum Gasteiger partial charge on any atom is 0.0586 e. The molecule has 1 rings (SSSR count). The predicted molar refractivity (Wildman–Crippen MR) is 69.7 cm³/mol. The summed E-state index contributed by atoms with van der Waals surface area (Å²) in [6.07, 6.45) is 8.19. The van der Waals surface area contributed by atoms with Crippen LogP contribution in [0.3, 0.4) is 0 Å². The summed E-state index contributed by atoms with van der Waals surface area (Å²) >= 11 is 0. The lowest BCUT2D eigenvalue weighted by molar-refractivity contribution is 0.0570. The van der Waals surface area contributed by atoms with Crippen LogP contribution >= 0.6 is 0 Å². The third-order valence-corrected chi connectivity index (χ3v) is 3.66. The third-order valence-electron chi connectivity index (χ3n) is 3.66. The van der Waals surface area contributed by atoms with Gasteiger partial charge in [0.15, 0.2) is 0 Å². The monoisotopic (exact) mass is 227 g/mol. The van der Waals surface area contributed by atoms with Crippen LogP contribution in [0.1, 0.15) is 59.3 Å². The van der Waals surface area contributed by atoms with Crippen LogP contribution in [0.15, 0.2) is 0 Å². The number of hydrogen-bond donors (Lipinski definition) is 1. The molecule has 0 aliphatic heterocycles. The molecule has 0 aromatic carbocycles. The minimum atomic E-state index is 0.489. The van der Waals surface area contributed by atoms with Crippen LogP contribution in [0, 0.1) is 5.92 Å². The first-order valence-electron chi connectivity index (χ1n) is 6.90. The van der Waals surface area contributed by atoms with Gasteiger partial charge in [0.1, 0.15) is 0 Å². The fourth-order valence-electron chi connectivity index (χ4n) is 2.58. The summed E-state index contributed by atoms with van der Waals surface area (Å²) in [5.74, 6) is 0.822. The van der Waals surface area contributed by atoms with E-state index in [2.05, 4.69) is 26.1 Å². The van der Waals surface area contributed by atoms with E-state index in [0.717, 1.165) is 5.92 Å². The van der Waals surface area contributed by atoms with Gasteiger partial charge in [-0.1, -0.05) is 13.8 Å². The molecule has 2 heteroatoms. The zero-order chi connectivity index (χ0) is 12.0. The highest BCUT2D eigenvalue weighted by molar-refractivity contribution is 4.80. The maximum atomic E-state index is 5.46. The van der Waals surface area contributed by atoms with E-state index in [1.54, 1.807) is 0 Å². The largest absolute Gasteiger partial charge is 0.381 e. The van der Waals surface area contributed by atoms with Crippen LogP contribution < -0.4 is 5.32 Å². The summed E-state index contributed by atoms with van der Waals surface area (Å²) < 4.78 is 5.46. The highest BCUT2D eigenvalue weighted by Gasteiger charge is 2.22. The van der Waals surface area contributed by atoms with Gasteiger partial charge in [-0.15, -0.1) is 0 Å². The first-order valence-corrected chi connectivity index (χ1v) is 6.90. The van der Waals surface area contributed by atoms with E-state index in [1.807, 2.05) is 7.11 Å². The van der Waals surface area contributed by atoms with Crippen molar-refractivity contribution in [1.82, 2.24) is 5.32 Å². The molecule has 0 saturated heterocycles. The molecule has 0 amide bonds. The Hall–Kier alpha value is -0.0800. The topological polar surface area (TPSA) is 21.3 Å². The van der Waals surface area contributed by atoms with Crippen LogP contribution in [-0.2, 0) is 4.74 Å². The van der Waals surface area contributed by atoms with Crippen molar-refractivity contribution in [2.24, 2.45) is 5.92 Å². The first-order chi connectivity index (χ1) is 7.61. The Balaban J connectivity index is 2.19. The highest BCUT2D eigenvalue weighted by Crippen LogP contribution is 2.21. The molecule has 1 saturated carbocycles. The van der Waals surface area contributed by atoms with Gasteiger partial charge in [0.25, 0.3) is 0 Å². The van der Waals surface area contributed by atoms with Gasteiger partial charge in [-0.2, -0.15) is 0 Å². The van der Waals surface area contributed by atoms with E-state index < -0.39 is 0 Å². The molecule has 2 nitrogen and oxygen atoms in total. The van der Waals surface area contributed by atoms with Crippen LogP contribution in [0.5, 0.6) is 0 Å². The summed E-state index contributed by atoms with van der Waals surface area (Å²) in [5, 5.41) is 3.76. The van der Waals surface area contributed by atoms with Crippen molar-refractivity contribution >= 4 is 0 Å². The summed E-state index contributed by atoms with van der Waals surface area (Å²) in [7, 11) is 1.84. The number of ether oxygens (including phenoxy) is 1. The molecule has 0 aromatic rings. The third kappa shape index (κ3) is 5.31. The average molecular weight is 227 g/mol. The molecule has 1 aliphatic rings. The Morgan fingerprint density at radius 1 is 1.19 bits per heavy atom. The lowest BCUT2D eigenvalue weighted by atomic mass is 9.92. The second kappa shape index (κ2) is 7.29. The second-order valence-corrected chi connectivity index (χ2v) is 5.76. The van der Waals surface area contributed by atoms with Crippen LogP contribution in [0.2, 0.25) is 0 Å². The lowest BCUT2D eigenvalue weighted by Gasteiger charge is -2.31. The molecule has 0 spiro atoms. The lowest BCUT2D eigenvalue weighted by Crippen LogP contribution is -2.41. The zero-order valence-electron chi connectivity index (χ0n) is 11.5. The zero-order valence-corrected chi connectivity index (χ0v) is 11.5. The molecule has 1 N–H and O–H groups in total. The number of methoxy groups -OCH3 is 1. The van der Waals surface area contributed by atoms with Gasteiger partial charge >= 0.3 is 0 Å². The summed E-state index contributed by atoms with van der Waals surface area (Å²) in [4.78, 5) is 0. The van der Waals surface area contributed by atoms with Crippen LogP contribution in [0.4, 0.5) is 0 Å². The van der Waals surface area contributed by atoms with Crippen molar-refractivity contribution < 1.29 is 4.74 Å². The highest BCUT2D eigenvalue weighted by atomic mass is 16.5. The summed E-state index contributed by atoms with van der Waals surface area (Å²) in [6, 6.07) is 1.34. The number of rotatable bonds is 6. The number of hydrogen-bond acceptors (Lipinski definition) is 2. The van der Waals surface area contributed by atoms with Gasteiger partial charge in [-0.25, -0.2) is 0 Å². The minimum absolute atomic E-state index is 0.489. The van der Waals surface area contributed by atoms with Crippen molar-refractivity contribution in [3.8, 4) is 0 Å². The van der Waals surface area contributed by atoms with Gasteiger partial charge in [0, 0.05) is 19.2 Å². The van der Waals surface area contributed by atoms with Crippen molar-refractivity contribution in [2.45, 2.75) is 77.5 Å². The summed E-state index contributed by atoms with van der Waals surface area (Å²) in [5.41, 5.74) is 0. The van der Waals surface area contributed by atoms with Gasteiger partial charge in [0.2, 0.25) is 0 Å². The smallest absolute Gasteiger partial charge is 0.0586 e. The Kier molecular flexibility index (Phi) is 6.37. The normalized spacial score (nSPS) is 28.3. The summed E-state index contributed by atoms with van der Waals surface area (Å²) in [6.45, 7) is 6.92. The van der Waals surface area contributed by atoms with Gasteiger partial charge < -0.3 is 10.1 Å². The quantitative estimate of drug-likeness (QED) is 0.751. The van der Waals surface area contributed by atoms with E-state index in [0.29, 0.717) is 18.2 Å². The van der Waals surface area contributed by atoms with Gasteiger partial charge in [-0.05, 0) is 51.4 Å². The van der Waals surface area contributed by atoms with E-state index >= 15 is 0 Å². The standard InChI is InChI=1S/C14H29NO/c1-11(2)8-9-12(3)15-13-6-5-7-14(10-13)16-4/h11-15H,5-10H2,1-4H3. The molecule has 0 radical (unpaired) electrons. The molecule has 16 heavy (non-hydrogen) atoms. The maximum absolute atomic E-state index is 5.46. The fourth-order valence-corrected chi connectivity index (χ4v) is 2.58. The predicted octanol–water partition coefficient (Wildman–Crippen LogP) is 3.36. The van der Waals surface area contributed by atoms with E-state index in [-0.39, 0.29) is 0 Å². The van der Waals surface area contributed by atoms with Crippen LogP contribution in [0.25, 0.3) is 0 Å². The number of nitrogens with one attached hydrogen (secondary N) is 1. The Morgan fingerprint density at radius 2 is 1.94 bits per heavy atom. The fraction of sp³-hybridized carbons (Fsp3) is 1.00. The van der Waals surface area contributed by atoms with Gasteiger partial charge in [0.05, 0.1) is 6.10 Å². The SMILES string of the molecule is COC1CCCC(NC(C)CCC(C)C)C1. The molecule has 0 heterocycles. The van der Waals surface area contributed by atoms with Gasteiger partial charge in [-0.3, -0.25) is 0 Å². The Labute approximate surface area is 101 Å². The molecule has 3 unspecified atom stereocenters. The molecule has 3 atom stereocenters. The molecule has 96 valence electrons. The van der Waals surface area contributed by atoms with E-state index in [4.69, 9.17) is 4.74 Å². The van der Waals surface area contributed by atoms with Crippen molar-refractivity contribution in [1.29, 1.82) is 0 Å². The first kappa shape index (κ1) is 14.0. The van der Waals surface area contributed by atoms with Crippen molar-refractivity contribution in [2.75, 3.05) is 7.11 Å². The van der Waals surface area contributed by atoms with Crippen molar-refractivity contribution in [3.05, 3.63) is 0 Å². The Bertz CT molecular complexity index is 182. The molecule has 1 fully saturated rings. The molecule has 1 aliphatic carbocycles.